The summed E-state index contributed by atoms with van der Waals surface area (Å²) < 4.78 is 0. The predicted octanol–water partition coefficient (Wildman–Crippen LogP) is 0.507. The Morgan fingerprint density at radius 3 is 2.89 bits per heavy atom. The fraction of sp³-hybridized carbons (Fsp3) is 0.846. The number of carbonyl (C=O) groups is 2. The number of hydroxylamine groups is 2. The van der Waals surface area contributed by atoms with Crippen LogP contribution in [-0.4, -0.2) is 53.3 Å². The van der Waals surface area contributed by atoms with Gasteiger partial charge in [-0.3, -0.25) is 4.79 Å². The summed E-state index contributed by atoms with van der Waals surface area (Å²) in [7, 11) is 2.09. The highest BCUT2D eigenvalue weighted by Gasteiger charge is 2.33. The maximum atomic E-state index is 11.7. The van der Waals surface area contributed by atoms with Crippen molar-refractivity contribution in [3.8, 4) is 0 Å². The fourth-order valence-electron chi connectivity index (χ4n) is 2.74. The second-order valence-corrected chi connectivity index (χ2v) is 5.51. The molecule has 2 unspecified atom stereocenters. The summed E-state index contributed by atoms with van der Waals surface area (Å²) in [5.41, 5.74) is 0. The molecule has 2 rings (SSSR count). The number of nitrogens with zero attached hydrogens (tertiary/aromatic N) is 2. The zero-order valence-corrected chi connectivity index (χ0v) is 11.4. The minimum atomic E-state index is -0.975. The zero-order valence-electron chi connectivity index (χ0n) is 11.4. The number of amides is 1. The molecule has 0 aromatic carbocycles. The molecule has 6 heteroatoms. The van der Waals surface area contributed by atoms with Crippen LogP contribution in [0.2, 0.25) is 0 Å². The van der Waals surface area contributed by atoms with Gasteiger partial charge in [-0.2, -0.15) is 0 Å². The van der Waals surface area contributed by atoms with Gasteiger partial charge in [0.05, 0.1) is 0 Å². The normalized spacial score (nSPS) is 28.7. The molecule has 6 nitrogen and oxygen atoms in total. The minimum absolute atomic E-state index is 0.238. The molecule has 0 spiro atoms. The Morgan fingerprint density at radius 1 is 1.47 bits per heavy atom. The Balaban J connectivity index is 1.71. The molecule has 108 valence electrons. The summed E-state index contributed by atoms with van der Waals surface area (Å²) >= 11 is 0. The third-order valence-corrected chi connectivity index (χ3v) is 3.81. The molecule has 0 bridgehead atoms. The van der Waals surface area contributed by atoms with Gasteiger partial charge in [-0.05, 0) is 38.8 Å². The van der Waals surface area contributed by atoms with E-state index in [1.54, 1.807) is 0 Å². The lowest BCUT2D eigenvalue weighted by Gasteiger charge is -2.29. The van der Waals surface area contributed by atoms with Crippen LogP contribution in [0.25, 0.3) is 0 Å². The topological polar surface area (TPSA) is 70.1 Å². The quantitative estimate of drug-likeness (QED) is 0.806. The van der Waals surface area contributed by atoms with E-state index >= 15 is 0 Å². The maximum Gasteiger partial charge on any atom is 0.332 e. The Hall–Kier alpha value is -1.14. The third-order valence-electron chi connectivity index (χ3n) is 3.81. The van der Waals surface area contributed by atoms with Crippen molar-refractivity contribution in [1.82, 2.24) is 9.96 Å². The van der Waals surface area contributed by atoms with Crippen molar-refractivity contribution in [1.29, 1.82) is 0 Å². The van der Waals surface area contributed by atoms with Crippen LogP contribution in [0.3, 0.4) is 0 Å². The summed E-state index contributed by atoms with van der Waals surface area (Å²) in [4.78, 5) is 30.2. The highest BCUT2D eigenvalue weighted by molar-refractivity contribution is 5.79. The van der Waals surface area contributed by atoms with E-state index in [9.17, 15) is 14.7 Å². The number of likely N-dealkylation sites (tertiary alicyclic amines) is 1. The summed E-state index contributed by atoms with van der Waals surface area (Å²) in [5, 5.41) is 10.3. The van der Waals surface area contributed by atoms with Crippen LogP contribution < -0.4 is 0 Å². The molecule has 2 atom stereocenters. The van der Waals surface area contributed by atoms with Crippen molar-refractivity contribution in [2.75, 3.05) is 20.1 Å². The first-order valence-corrected chi connectivity index (χ1v) is 6.95. The van der Waals surface area contributed by atoms with Gasteiger partial charge in [-0.1, -0.05) is 0 Å². The van der Waals surface area contributed by atoms with Gasteiger partial charge in [0.25, 0.3) is 5.91 Å². The molecule has 0 radical (unpaired) electrons. The molecule has 2 aliphatic heterocycles. The number of aliphatic hydroxyl groups excluding tert-OH is 1. The maximum absolute atomic E-state index is 11.7. The Labute approximate surface area is 113 Å². The number of aliphatic hydroxyl groups is 1. The van der Waals surface area contributed by atoms with Gasteiger partial charge < -0.3 is 14.8 Å². The molecule has 2 heterocycles. The van der Waals surface area contributed by atoms with Crippen LogP contribution in [0.1, 0.15) is 38.5 Å². The van der Waals surface area contributed by atoms with Crippen molar-refractivity contribution in [2.45, 2.75) is 44.8 Å². The van der Waals surface area contributed by atoms with Crippen LogP contribution in [0.4, 0.5) is 0 Å². The standard InChI is InChI=1S/C13H22N2O4/c1-14-8-2-3-10(9-14)4-7-13(18)19-15-11(16)5-6-12(15)17/h10-11,16H,2-9H2,1H3. The van der Waals surface area contributed by atoms with Gasteiger partial charge in [0, 0.05) is 25.8 Å². The largest absolute Gasteiger partial charge is 0.370 e. The monoisotopic (exact) mass is 270 g/mol. The van der Waals surface area contributed by atoms with Crippen molar-refractivity contribution in [3.05, 3.63) is 0 Å². The van der Waals surface area contributed by atoms with Crippen LogP contribution in [-0.2, 0) is 14.4 Å². The van der Waals surface area contributed by atoms with E-state index in [1.807, 2.05) is 0 Å². The second-order valence-electron chi connectivity index (χ2n) is 5.51. The SMILES string of the molecule is CN1CCCC(CCC(=O)ON2C(=O)CCC2O)C1. The van der Waals surface area contributed by atoms with Crippen LogP contribution in [0, 0.1) is 5.92 Å². The summed E-state index contributed by atoms with van der Waals surface area (Å²) in [6, 6.07) is 0. The molecule has 2 saturated heterocycles. The summed E-state index contributed by atoms with van der Waals surface area (Å²) in [6.07, 6.45) is 2.98. The van der Waals surface area contributed by atoms with Gasteiger partial charge in [0.15, 0.2) is 6.23 Å². The average Bonchev–Trinajstić information content (AvgIpc) is 2.68. The predicted molar refractivity (Wildman–Crippen MR) is 67.6 cm³/mol. The Morgan fingerprint density at radius 2 is 2.26 bits per heavy atom. The Kier molecular flexibility index (Phi) is 4.76. The summed E-state index contributed by atoms with van der Waals surface area (Å²) in [6.45, 7) is 2.13. The molecule has 1 N–H and O–H groups in total. The molecule has 2 fully saturated rings. The number of carbonyl (C=O) groups excluding carboxylic acids is 2. The van der Waals surface area contributed by atoms with E-state index < -0.39 is 12.2 Å². The van der Waals surface area contributed by atoms with Gasteiger partial charge in [0.1, 0.15) is 0 Å². The van der Waals surface area contributed by atoms with Crippen molar-refractivity contribution in [2.24, 2.45) is 5.92 Å². The van der Waals surface area contributed by atoms with Crippen molar-refractivity contribution >= 4 is 11.9 Å². The van der Waals surface area contributed by atoms with Crippen molar-refractivity contribution < 1.29 is 19.5 Å². The van der Waals surface area contributed by atoms with Gasteiger partial charge in [-0.15, -0.1) is 5.06 Å². The van der Waals surface area contributed by atoms with E-state index in [-0.39, 0.29) is 12.3 Å². The van der Waals surface area contributed by atoms with Gasteiger partial charge >= 0.3 is 5.97 Å². The number of rotatable bonds is 4. The lowest BCUT2D eigenvalue weighted by molar-refractivity contribution is -0.220. The lowest BCUT2D eigenvalue weighted by Crippen LogP contribution is -2.36. The number of hydrogen-bond acceptors (Lipinski definition) is 5. The highest BCUT2D eigenvalue weighted by Crippen LogP contribution is 2.21. The zero-order chi connectivity index (χ0) is 13.8. The smallest absolute Gasteiger partial charge is 0.332 e. The van der Waals surface area contributed by atoms with Crippen LogP contribution >= 0.6 is 0 Å². The van der Waals surface area contributed by atoms with Gasteiger partial charge in [0.2, 0.25) is 0 Å². The minimum Gasteiger partial charge on any atom is -0.370 e. The number of piperidine rings is 1. The van der Waals surface area contributed by atoms with Crippen LogP contribution in [0.5, 0.6) is 0 Å². The lowest BCUT2D eigenvalue weighted by atomic mass is 9.94. The molecule has 0 aromatic rings. The van der Waals surface area contributed by atoms with Gasteiger partial charge in [-0.25, -0.2) is 4.79 Å². The third kappa shape index (κ3) is 3.91. The average molecular weight is 270 g/mol. The first-order chi connectivity index (χ1) is 9.06. The van der Waals surface area contributed by atoms with E-state index in [2.05, 4.69) is 11.9 Å². The number of hydrogen-bond donors (Lipinski definition) is 1. The molecule has 1 amide bonds. The molecule has 0 aliphatic carbocycles. The van der Waals surface area contributed by atoms with Crippen LogP contribution in [0.15, 0.2) is 0 Å². The molecule has 19 heavy (non-hydrogen) atoms. The van der Waals surface area contributed by atoms with E-state index in [4.69, 9.17) is 4.84 Å². The highest BCUT2D eigenvalue weighted by atomic mass is 16.7. The fourth-order valence-corrected chi connectivity index (χ4v) is 2.74. The Bertz CT molecular complexity index is 348. The second kappa shape index (κ2) is 6.34. The summed E-state index contributed by atoms with van der Waals surface area (Å²) in [5.74, 6) is -0.230. The molecule has 0 saturated carbocycles. The molecule has 2 aliphatic rings. The van der Waals surface area contributed by atoms with Crippen molar-refractivity contribution in [3.63, 3.8) is 0 Å². The first kappa shape index (κ1) is 14.3. The molecular weight excluding hydrogens is 248 g/mol. The first-order valence-electron chi connectivity index (χ1n) is 6.95. The molecular formula is C13H22N2O4. The molecule has 0 aromatic heterocycles. The van der Waals surface area contributed by atoms with E-state index in [1.165, 1.54) is 6.42 Å². The van der Waals surface area contributed by atoms with E-state index in [0.29, 0.717) is 18.8 Å². The van der Waals surface area contributed by atoms with E-state index in [0.717, 1.165) is 31.0 Å².